The molecule has 2 rings (SSSR count). The van der Waals surface area contributed by atoms with Gasteiger partial charge in [-0.1, -0.05) is 36.4 Å². The molecular formula is C15H16BrNO2. The highest BCUT2D eigenvalue weighted by atomic mass is 79.9. The van der Waals surface area contributed by atoms with Crippen molar-refractivity contribution in [1.82, 2.24) is 5.48 Å². The predicted molar refractivity (Wildman–Crippen MR) is 78.3 cm³/mol. The summed E-state index contributed by atoms with van der Waals surface area (Å²) >= 11 is 3.51. The van der Waals surface area contributed by atoms with Crippen molar-refractivity contribution in [2.45, 2.75) is 20.1 Å². The monoisotopic (exact) mass is 321 g/mol. The molecule has 19 heavy (non-hydrogen) atoms. The fourth-order valence-corrected chi connectivity index (χ4v) is 2.63. The van der Waals surface area contributed by atoms with Crippen molar-refractivity contribution in [2.24, 2.45) is 0 Å². The van der Waals surface area contributed by atoms with Gasteiger partial charge in [-0.05, 0) is 45.6 Å². The molecule has 0 bridgehead atoms. The maximum absolute atomic E-state index is 8.73. The highest BCUT2D eigenvalue weighted by Gasteiger charge is 2.08. The first-order valence-corrected chi connectivity index (χ1v) is 6.82. The van der Waals surface area contributed by atoms with Gasteiger partial charge in [-0.15, -0.1) is 0 Å². The highest BCUT2D eigenvalue weighted by Crippen LogP contribution is 2.31. The number of ether oxygens (including phenoxy) is 1. The van der Waals surface area contributed by atoms with Gasteiger partial charge in [0.1, 0.15) is 12.4 Å². The van der Waals surface area contributed by atoms with Crippen molar-refractivity contribution >= 4 is 15.9 Å². The summed E-state index contributed by atoms with van der Waals surface area (Å²) in [6, 6.07) is 14.0. The molecular weight excluding hydrogens is 306 g/mol. The number of halogens is 1. The maximum atomic E-state index is 8.73. The fourth-order valence-electron chi connectivity index (χ4n) is 1.91. The van der Waals surface area contributed by atoms with Crippen LogP contribution in [0.1, 0.15) is 16.7 Å². The van der Waals surface area contributed by atoms with Gasteiger partial charge in [0.15, 0.2) is 0 Å². The number of rotatable bonds is 5. The summed E-state index contributed by atoms with van der Waals surface area (Å²) in [5.74, 6) is 0.838. The van der Waals surface area contributed by atoms with Gasteiger partial charge in [-0.25, -0.2) is 5.48 Å². The van der Waals surface area contributed by atoms with Crippen LogP contribution in [0.4, 0.5) is 0 Å². The van der Waals surface area contributed by atoms with Crippen LogP contribution in [0.2, 0.25) is 0 Å². The number of hydroxylamine groups is 1. The Morgan fingerprint density at radius 2 is 1.89 bits per heavy atom. The molecule has 3 nitrogen and oxygen atoms in total. The van der Waals surface area contributed by atoms with Crippen LogP contribution in [-0.2, 0) is 13.2 Å². The van der Waals surface area contributed by atoms with Crippen LogP contribution in [-0.4, -0.2) is 5.21 Å². The van der Waals surface area contributed by atoms with Crippen molar-refractivity contribution in [1.29, 1.82) is 0 Å². The van der Waals surface area contributed by atoms with Crippen molar-refractivity contribution in [3.63, 3.8) is 0 Å². The molecule has 0 saturated heterocycles. The molecule has 4 heteroatoms. The lowest BCUT2D eigenvalue weighted by molar-refractivity contribution is 0.161. The normalized spacial score (nSPS) is 10.5. The topological polar surface area (TPSA) is 41.5 Å². The molecule has 0 heterocycles. The number of aryl methyl sites for hydroxylation is 1. The number of hydrogen-bond acceptors (Lipinski definition) is 3. The Bertz CT molecular complexity index is 520. The molecule has 2 aromatic carbocycles. The van der Waals surface area contributed by atoms with Gasteiger partial charge in [-0.3, -0.25) is 0 Å². The lowest BCUT2D eigenvalue weighted by atomic mass is 10.1. The zero-order chi connectivity index (χ0) is 13.7. The summed E-state index contributed by atoms with van der Waals surface area (Å²) in [6.07, 6.45) is 0. The molecule has 2 N–H and O–H groups in total. The SMILES string of the molecule is Cc1cc(CNO)cc(Br)c1OCc1ccccc1. The Morgan fingerprint density at radius 1 is 1.16 bits per heavy atom. The van der Waals surface area contributed by atoms with E-state index < -0.39 is 0 Å². The zero-order valence-corrected chi connectivity index (χ0v) is 12.3. The van der Waals surface area contributed by atoms with E-state index in [1.807, 2.05) is 49.4 Å². The van der Waals surface area contributed by atoms with E-state index in [2.05, 4.69) is 21.4 Å². The Labute approximate surface area is 121 Å². The van der Waals surface area contributed by atoms with E-state index >= 15 is 0 Å². The van der Waals surface area contributed by atoms with E-state index in [0.717, 1.165) is 26.9 Å². The molecule has 0 atom stereocenters. The van der Waals surface area contributed by atoms with Gasteiger partial charge in [0, 0.05) is 6.54 Å². The van der Waals surface area contributed by atoms with Crippen LogP contribution in [0, 0.1) is 6.92 Å². The van der Waals surface area contributed by atoms with Crippen molar-refractivity contribution in [2.75, 3.05) is 0 Å². The fraction of sp³-hybridized carbons (Fsp3) is 0.200. The molecule has 0 saturated carbocycles. The molecule has 0 fully saturated rings. The molecule has 0 spiro atoms. The second-order valence-electron chi connectivity index (χ2n) is 4.33. The quantitative estimate of drug-likeness (QED) is 0.823. The van der Waals surface area contributed by atoms with Gasteiger partial charge in [0.2, 0.25) is 0 Å². The molecule has 100 valence electrons. The summed E-state index contributed by atoms with van der Waals surface area (Å²) in [5.41, 5.74) is 5.32. The van der Waals surface area contributed by atoms with Crippen molar-refractivity contribution in [3.05, 3.63) is 63.6 Å². The van der Waals surface area contributed by atoms with Crippen LogP contribution < -0.4 is 10.2 Å². The third-order valence-corrected chi connectivity index (χ3v) is 3.39. The van der Waals surface area contributed by atoms with E-state index in [1.165, 1.54) is 0 Å². The van der Waals surface area contributed by atoms with Crippen LogP contribution in [0.5, 0.6) is 5.75 Å². The van der Waals surface area contributed by atoms with Crippen molar-refractivity contribution < 1.29 is 9.94 Å². The van der Waals surface area contributed by atoms with E-state index in [1.54, 1.807) is 0 Å². The zero-order valence-electron chi connectivity index (χ0n) is 10.7. The lowest BCUT2D eigenvalue weighted by Crippen LogP contribution is -2.07. The Hall–Kier alpha value is -1.36. The second-order valence-corrected chi connectivity index (χ2v) is 5.19. The molecule has 2 aromatic rings. The average Bonchev–Trinajstić information content (AvgIpc) is 2.39. The smallest absolute Gasteiger partial charge is 0.136 e. The molecule has 0 aliphatic rings. The van der Waals surface area contributed by atoms with Crippen LogP contribution in [0.3, 0.4) is 0 Å². The number of benzene rings is 2. The number of hydrogen-bond donors (Lipinski definition) is 2. The maximum Gasteiger partial charge on any atom is 0.136 e. The predicted octanol–water partition coefficient (Wildman–Crippen LogP) is 3.82. The molecule has 0 radical (unpaired) electrons. The highest BCUT2D eigenvalue weighted by molar-refractivity contribution is 9.10. The molecule has 0 aliphatic carbocycles. The Morgan fingerprint density at radius 3 is 2.53 bits per heavy atom. The van der Waals surface area contributed by atoms with Gasteiger partial charge >= 0.3 is 0 Å². The van der Waals surface area contributed by atoms with Crippen LogP contribution in [0.15, 0.2) is 46.9 Å². The summed E-state index contributed by atoms with van der Waals surface area (Å²) in [4.78, 5) is 0. The average molecular weight is 322 g/mol. The third-order valence-electron chi connectivity index (χ3n) is 2.80. The van der Waals surface area contributed by atoms with E-state index in [4.69, 9.17) is 9.94 Å². The number of nitrogens with one attached hydrogen (secondary N) is 1. The molecule has 0 aromatic heterocycles. The van der Waals surface area contributed by atoms with Gasteiger partial charge in [0.05, 0.1) is 4.47 Å². The first-order valence-electron chi connectivity index (χ1n) is 6.03. The van der Waals surface area contributed by atoms with E-state index in [0.29, 0.717) is 13.2 Å². The minimum absolute atomic E-state index is 0.415. The Kier molecular flexibility index (Phi) is 4.96. The first-order chi connectivity index (χ1) is 9.20. The molecule has 0 unspecified atom stereocenters. The minimum Gasteiger partial charge on any atom is -0.487 e. The largest absolute Gasteiger partial charge is 0.487 e. The first kappa shape index (κ1) is 14.1. The van der Waals surface area contributed by atoms with E-state index in [9.17, 15) is 0 Å². The summed E-state index contributed by atoms with van der Waals surface area (Å²) < 4.78 is 6.75. The minimum atomic E-state index is 0.415. The Balaban J connectivity index is 2.12. The van der Waals surface area contributed by atoms with Crippen LogP contribution in [0.25, 0.3) is 0 Å². The van der Waals surface area contributed by atoms with Crippen molar-refractivity contribution in [3.8, 4) is 5.75 Å². The summed E-state index contributed by atoms with van der Waals surface area (Å²) in [6.45, 7) is 2.95. The lowest BCUT2D eigenvalue weighted by Gasteiger charge is -2.13. The second kappa shape index (κ2) is 6.70. The summed E-state index contributed by atoms with van der Waals surface area (Å²) in [5, 5.41) is 8.73. The van der Waals surface area contributed by atoms with Gasteiger partial charge < -0.3 is 9.94 Å². The standard InChI is InChI=1S/C15H16BrNO2/c1-11-7-13(9-17-18)8-14(16)15(11)19-10-12-5-3-2-4-6-12/h2-8,17-18H,9-10H2,1H3. The van der Waals surface area contributed by atoms with Crippen LogP contribution >= 0.6 is 15.9 Å². The van der Waals surface area contributed by atoms with Gasteiger partial charge in [-0.2, -0.15) is 0 Å². The van der Waals surface area contributed by atoms with Gasteiger partial charge in [0.25, 0.3) is 0 Å². The third kappa shape index (κ3) is 3.80. The summed E-state index contributed by atoms with van der Waals surface area (Å²) in [7, 11) is 0. The molecule has 0 amide bonds. The molecule has 0 aliphatic heterocycles. The van der Waals surface area contributed by atoms with E-state index in [-0.39, 0.29) is 0 Å².